The molecule has 21 heavy (non-hydrogen) atoms. The normalized spacial score (nSPS) is 15.9. The predicted molar refractivity (Wildman–Crippen MR) is 84.4 cm³/mol. The van der Waals surface area contributed by atoms with Gasteiger partial charge in [-0.2, -0.15) is 0 Å². The molecule has 0 spiro atoms. The number of benzene rings is 1. The van der Waals surface area contributed by atoms with E-state index in [4.69, 9.17) is 4.74 Å². The van der Waals surface area contributed by atoms with Crippen LogP contribution >= 0.6 is 0 Å². The van der Waals surface area contributed by atoms with Crippen LogP contribution in [0.4, 0.5) is 0 Å². The zero-order valence-electron chi connectivity index (χ0n) is 12.9. The molecule has 1 amide bonds. The Hall–Kier alpha value is -1.81. The maximum Gasteiger partial charge on any atom is 0.237 e. The molecule has 1 aromatic carbocycles. The van der Waals surface area contributed by atoms with E-state index < -0.39 is 0 Å². The van der Waals surface area contributed by atoms with E-state index in [2.05, 4.69) is 28.9 Å². The first-order valence-corrected chi connectivity index (χ1v) is 7.53. The average molecular weight is 288 g/mol. The van der Waals surface area contributed by atoms with E-state index in [0.29, 0.717) is 13.2 Å². The molecule has 1 atom stereocenters. The third-order valence-electron chi connectivity index (χ3n) is 3.88. The fourth-order valence-corrected chi connectivity index (χ4v) is 2.63. The molecule has 0 aliphatic carbocycles. The molecular formula is C17H24N2O2. The summed E-state index contributed by atoms with van der Waals surface area (Å²) in [5, 5.41) is 2.86. The number of ether oxygens (including phenoxy) is 1. The molecule has 2 rings (SSSR count). The number of fused-ring (bicyclic) bond motifs is 1. The average Bonchev–Trinajstić information content (AvgIpc) is 2.51. The van der Waals surface area contributed by atoms with E-state index in [1.165, 1.54) is 11.1 Å². The first-order valence-electron chi connectivity index (χ1n) is 7.53. The molecule has 1 N–H and O–H groups in total. The Bertz CT molecular complexity index is 514. The summed E-state index contributed by atoms with van der Waals surface area (Å²) in [5.74, 6) is 0.959. The molecule has 0 radical (unpaired) electrons. The summed E-state index contributed by atoms with van der Waals surface area (Å²) in [6.45, 7) is 10.4. The molecular weight excluding hydrogens is 264 g/mol. The lowest BCUT2D eigenvalue weighted by Crippen LogP contribution is -2.47. The highest BCUT2D eigenvalue weighted by atomic mass is 16.5. The predicted octanol–water partition coefficient (Wildman–Crippen LogP) is 2.13. The Labute approximate surface area is 126 Å². The topological polar surface area (TPSA) is 41.6 Å². The van der Waals surface area contributed by atoms with Gasteiger partial charge in [0.1, 0.15) is 5.75 Å². The van der Waals surface area contributed by atoms with Gasteiger partial charge in [0.25, 0.3) is 0 Å². The van der Waals surface area contributed by atoms with Gasteiger partial charge in [0.05, 0.1) is 12.6 Å². The molecule has 0 fully saturated rings. The SMILES string of the molecule is C=CCNC(=O)[C@@H](C)N1CCc2ccc(OCC)cc2C1. The monoisotopic (exact) mass is 288 g/mol. The lowest BCUT2D eigenvalue weighted by atomic mass is 9.98. The first-order chi connectivity index (χ1) is 10.2. The molecule has 0 saturated carbocycles. The zero-order chi connectivity index (χ0) is 15.2. The van der Waals surface area contributed by atoms with Crippen LogP contribution in [0.2, 0.25) is 0 Å². The summed E-state index contributed by atoms with van der Waals surface area (Å²) >= 11 is 0. The molecule has 1 aliphatic heterocycles. The number of carbonyl (C=O) groups is 1. The molecule has 1 heterocycles. The highest BCUT2D eigenvalue weighted by molar-refractivity contribution is 5.81. The highest BCUT2D eigenvalue weighted by Gasteiger charge is 2.25. The van der Waals surface area contributed by atoms with Crippen LogP contribution in [0, 0.1) is 0 Å². The quantitative estimate of drug-likeness (QED) is 0.815. The van der Waals surface area contributed by atoms with Crippen LogP contribution in [0.3, 0.4) is 0 Å². The van der Waals surface area contributed by atoms with Crippen LogP contribution in [0.5, 0.6) is 5.75 Å². The van der Waals surface area contributed by atoms with Crippen molar-refractivity contribution in [1.29, 1.82) is 0 Å². The maximum atomic E-state index is 12.1. The van der Waals surface area contributed by atoms with E-state index >= 15 is 0 Å². The van der Waals surface area contributed by atoms with Crippen molar-refractivity contribution in [1.82, 2.24) is 10.2 Å². The minimum absolute atomic E-state index is 0.0549. The van der Waals surface area contributed by atoms with Gasteiger partial charge in [-0.25, -0.2) is 0 Å². The van der Waals surface area contributed by atoms with Crippen LogP contribution in [0.15, 0.2) is 30.9 Å². The van der Waals surface area contributed by atoms with Crippen LogP contribution in [0.25, 0.3) is 0 Å². The largest absolute Gasteiger partial charge is 0.494 e. The number of nitrogens with one attached hydrogen (secondary N) is 1. The Kier molecular flexibility index (Phi) is 5.39. The van der Waals surface area contributed by atoms with E-state index in [0.717, 1.165) is 25.3 Å². The maximum absolute atomic E-state index is 12.1. The highest BCUT2D eigenvalue weighted by Crippen LogP contribution is 2.25. The van der Waals surface area contributed by atoms with Crippen molar-refractivity contribution in [2.24, 2.45) is 0 Å². The van der Waals surface area contributed by atoms with Gasteiger partial charge in [0.2, 0.25) is 5.91 Å². The number of amides is 1. The summed E-state index contributed by atoms with van der Waals surface area (Å²) in [6, 6.07) is 6.13. The number of rotatable bonds is 6. The number of hydrogen-bond donors (Lipinski definition) is 1. The molecule has 4 heteroatoms. The Morgan fingerprint density at radius 2 is 2.33 bits per heavy atom. The molecule has 1 aromatic rings. The van der Waals surface area contributed by atoms with Crippen molar-refractivity contribution >= 4 is 5.91 Å². The standard InChI is InChI=1S/C17H24N2O2/c1-4-9-18-17(20)13(3)19-10-8-14-6-7-16(21-5-2)11-15(14)12-19/h4,6-7,11,13H,1,5,8-10,12H2,2-3H3,(H,18,20)/t13-/m1/s1. The molecule has 0 saturated heterocycles. The fourth-order valence-electron chi connectivity index (χ4n) is 2.63. The van der Waals surface area contributed by atoms with Crippen LogP contribution in [-0.4, -0.2) is 36.5 Å². The van der Waals surface area contributed by atoms with Crippen LogP contribution in [-0.2, 0) is 17.8 Å². The van der Waals surface area contributed by atoms with Gasteiger partial charge < -0.3 is 10.1 Å². The minimum Gasteiger partial charge on any atom is -0.494 e. The number of hydrogen-bond acceptors (Lipinski definition) is 3. The van der Waals surface area contributed by atoms with Gasteiger partial charge in [-0.05, 0) is 43.5 Å². The van der Waals surface area contributed by atoms with E-state index in [1.54, 1.807) is 6.08 Å². The molecule has 114 valence electrons. The lowest BCUT2D eigenvalue weighted by molar-refractivity contribution is -0.126. The van der Waals surface area contributed by atoms with Crippen molar-refractivity contribution in [2.45, 2.75) is 32.9 Å². The van der Waals surface area contributed by atoms with Crippen LogP contribution < -0.4 is 10.1 Å². The third kappa shape index (κ3) is 3.85. The summed E-state index contributed by atoms with van der Waals surface area (Å²) in [6.07, 6.45) is 2.67. The van der Waals surface area contributed by atoms with Crippen molar-refractivity contribution in [3.8, 4) is 5.75 Å². The van der Waals surface area contributed by atoms with Gasteiger partial charge in [0, 0.05) is 19.6 Å². The van der Waals surface area contributed by atoms with Gasteiger partial charge in [-0.15, -0.1) is 6.58 Å². The fraction of sp³-hybridized carbons (Fsp3) is 0.471. The molecule has 1 aliphatic rings. The second kappa shape index (κ2) is 7.27. The zero-order valence-corrected chi connectivity index (χ0v) is 12.9. The summed E-state index contributed by atoms with van der Waals surface area (Å²) in [5.41, 5.74) is 2.61. The Balaban J connectivity index is 2.05. The second-order valence-electron chi connectivity index (χ2n) is 5.29. The smallest absolute Gasteiger partial charge is 0.237 e. The number of nitrogens with zero attached hydrogens (tertiary/aromatic N) is 1. The molecule has 0 aromatic heterocycles. The second-order valence-corrected chi connectivity index (χ2v) is 5.29. The van der Waals surface area contributed by atoms with Crippen LogP contribution in [0.1, 0.15) is 25.0 Å². The summed E-state index contributed by atoms with van der Waals surface area (Å²) in [4.78, 5) is 14.3. The lowest BCUT2D eigenvalue weighted by Gasteiger charge is -2.33. The molecule has 4 nitrogen and oxygen atoms in total. The molecule has 0 bridgehead atoms. The van der Waals surface area contributed by atoms with Crippen molar-refractivity contribution in [3.63, 3.8) is 0 Å². The minimum atomic E-state index is -0.131. The van der Waals surface area contributed by atoms with Gasteiger partial charge in [-0.3, -0.25) is 9.69 Å². The van der Waals surface area contributed by atoms with Gasteiger partial charge in [-0.1, -0.05) is 12.1 Å². The number of carbonyl (C=O) groups excluding carboxylic acids is 1. The van der Waals surface area contributed by atoms with Gasteiger partial charge >= 0.3 is 0 Å². The third-order valence-corrected chi connectivity index (χ3v) is 3.88. The van der Waals surface area contributed by atoms with Crippen molar-refractivity contribution in [3.05, 3.63) is 42.0 Å². The van der Waals surface area contributed by atoms with Crippen molar-refractivity contribution < 1.29 is 9.53 Å². The summed E-state index contributed by atoms with van der Waals surface area (Å²) < 4.78 is 5.56. The van der Waals surface area contributed by atoms with Crippen molar-refractivity contribution in [2.75, 3.05) is 19.7 Å². The van der Waals surface area contributed by atoms with Gasteiger partial charge in [0.15, 0.2) is 0 Å². The summed E-state index contributed by atoms with van der Waals surface area (Å²) in [7, 11) is 0. The van der Waals surface area contributed by atoms with E-state index in [1.807, 2.05) is 19.9 Å². The van der Waals surface area contributed by atoms with E-state index in [-0.39, 0.29) is 11.9 Å². The Morgan fingerprint density at radius 3 is 3.05 bits per heavy atom. The first kappa shape index (κ1) is 15.6. The Morgan fingerprint density at radius 1 is 1.52 bits per heavy atom. The van der Waals surface area contributed by atoms with E-state index in [9.17, 15) is 4.79 Å². The molecule has 0 unspecified atom stereocenters.